The van der Waals surface area contributed by atoms with E-state index in [-0.39, 0.29) is 28.8 Å². The lowest BCUT2D eigenvalue weighted by Gasteiger charge is -2.47. The zero-order chi connectivity index (χ0) is 28.5. The minimum atomic E-state index is -1.05. The molecule has 0 aromatic heterocycles. The van der Waals surface area contributed by atoms with Gasteiger partial charge in [0.15, 0.2) is 0 Å². The molecule has 3 N–H and O–H groups in total. The number of aliphatic carboxylic acids is 1. The van der Waals surface area contributed by atoms with E-state index >= 15 is 0 Å². The summed E-state index contributed by atoms with van der Waals surface area (Å²) in [6.07, 6.45) is 5.58. The lowest BCUT2D eigenvalue weighted by molar-refractivity contribution is -0.158. The third-order valence-electron chi connectivity index (χ3n) is 8.22. The van der Waals surface area contributed by atoms with Crippen LogP contribution < -0.4 is 10.6 Å². The Kier molecular flexibility index (Phi) is 9.02. The van der Waals surface area contributed by atoms with Crippen LogP contribution in [-0.4, -0.2) is 58.0 Å². The number of unbranched alkanes of at least 4 members (excludes halogenated alkanes) is 1. The molecule has 1 aliphatic heterocycles. The van der Waals surface area contributed by atoms with Crippen LogP contribution >= 0.6 is 0 Å². The Labute approximate surface area is 229 Å². The number of likely N-dealkylation sites (tertiary alicyclic amines) is 1. The van der Waals surface area contributed by atoms with Crippen LogP contribution in [0, 0.1) is 5.41 Å². The molecule has 1 saturated carbocycles. The van der Waals surface area contributed by atoms with Gasteiger partial charge in [-0.2, -0.15) is 0 Å². The number of nitrogens with one attached hydrogen (secondary N) is 2. The maximum atomic E-state index is 13.5. The van der Waals surface area contributed by atoms with Gasteiger partial charge in [0.25, 0.3) is 5.91 Å². The molecule has 38 heavy (non-hydrogen) atoms. The molecule has 1 aliphatic carbocycles. The van der Waals surface area contributed by atoms with Gasteiger partial charge in [-0.25, -0.2) is 0 Å². The first-order valence-electron chi connectivity index (χ1n) is 14.3. The highest BCUT2D eigenvalue weighted by atomic mass is 16.4. The zero-order valence-corrected chi connectivity index (χ0v) is 24.7. The average Bonchev–Trinajstić information content (AvgIpc) is 3.15. The van der Waals surface area contributed by atoms with E-state index in [2.05, 4.69) is 65.2 Å². The maximum absolute atomic E-state index is 13.5. The molecule has 7 heteroatoms. The Morgan fingerprint density at radius 3 is 2.37 bits per heavy atom. The lowest BCUT2D eigenvalue weighted by atomic mass is 9.68. The van der Waals surface area contributed by atoms with E-state index < -0.39 is 23.5 Å². The number of rotatable bonds is 8. The Morgan fingerprint density at radius 1 is 1.11 bits per heavy atom. The fourth-order valence-corrected chi connectivity index (χ4v) is 6.28. The highest BCUT2D eigenvalue weighted by Gasteiger charge is 2.52. The lowest BCUT2D eigenvalue weighted by Crippen LogP contribution is -2.59. The number of carbonyl (C=O) groups is 3. The van der Waals surface area contributed by atoms with Crippen molar-refractivity contribution >= 4 is 17.8 Å². The largest absolute Gasteiger partial charge is 0.481 e. The molecule has 0 bridgehead atoms. The summed E-state index contributed by atoms with van der Waals surface area (Å²) in [4.78, 5) is 41.0. The van der Waals surface area contributed by atoms with Gasteiger partial charge in [0.05, 0.1) is 5.41 Å². The monoisotopic (exact) mass is 527 g/mol. The molecular weight excluding hydrogens is 478 g/mol. The van der Waals surface area contributed by atoms with Gasteiger partial charge in [-0.1, -0.05) is 40.2 Å². The molecule has 3 unspecified atom stereocenters. The first-order chi connectivity index (χ1) is 17.6. The smallest absolute Gasteiger partial charge is 0.311 e. The number of amides is 2. The van der Waals surface area contributed by atoms with E-state index in [1.807, 2.05) is 12.1 Å². The Morgan fingerprint density at radius 2 is 1.79 bits per heavy atom. The van der Waals surface area contributed by atoms with E-state index in [1.165, 1.54) is 5.56 Å². The van der Waals surface area contributed by atoms with E-state index in [9.17, 15) is 19.5 Å². The van der Waals surface area contributed by atoms with Gasteiger partial charge in [0.2, 0.25) is 5.91 Å². The normalized spacial score (nSPS) is 26.5. The van der Waals surface area contributed by atoms with Crippen molar-refractivity contribution in [3.63, 3.8) is 0 Å². The van der Waals surface area contributed by atoms with Crippen LogP contribution in [0.25, 0.3) is 0 Å². The number of benzene rings is 1. The summed E-state index contributed by atoms with van der Waals surface area (Å²) in [5, 5.41) is 16.7. The molecule has 1 heterocycles. The van der Waals surface area contributed by atoms with Crippen molar-refractivity contribution < 1.29 is 19.5 Å². The van der Waals surface area contributed by atoms with E-state index in [0.717, 1.165) is 31.2 Å². The minimum Gasteiger partial charge on any atom is -0.481 e. The van der Waals surface area contributed by atoms with Gasteiger partial charge in [-0.3, -0.25) is 14.4 Å². The molecule has 1 aromatic carbocycles. The molecule has 2 aliphatic rings. The van der Waals surface area contributed by atoms with Gasteiger partial charge >= 0.3 is 5.97 Å². The number of carbonyl (C=O) groups excluding carboxylic acids is 2. The van der Waals surface area contributed by atoms with Gasteiger partial charge in [-0.05, 0) is 94.9 Å². The van der Waals surface area contributed by atoms with Crippen LogP contribution in [0.5, 0.6) is 0 Å². The highest BCUT2D eigenvalue weighted by Crippen LogP contribution is 2.41. The molecule has 1 saturated heterocycles. The van der Waals surface area contributed by atoms with Crippen LogP contribution in [0.15, 0.2) is 18.2 Å². The Hall–Kier alpha value is -2.41. The molecule has 1 aromatic rings. The molecule has 0 radical (unpaired) electrons. The summed E-state index contributed by atoms with van der Waals surface area (Å²) < 4.78 is 0. The number of nitrogens with zero attached hydrogens (tertiary/aromatic N) is 1. The summed E-state index contributed by atoms with van der Waals surface area (Å²) in [6, 6.07) is 4.94. The second-order valence-electron chi connectivity index (χ2n) is 13.7. The van der Waals surface area contributed by atoms with Crippen LogP contribution in [0.2, 0.25) is 0 Å². The molecule has 212 valence electrons. The molecule has 4 atom stereocenters. The SMILES string of the molecule is CCCCc1ccc(C(=O)N[C@H]2CCN(C3CCC(NC(C)(C)C)CC3(C)C(=O)O)C2=O)cc1C(C)(C)C. The third kappa shape index (κ3) is 6.77. The van der Waals surface area contributed by atoms with Crippen molar-refractivity contribution in [2.75, 3.05) is 6.54 Å². The van der Waals surface area contributed by atoms with E-state index in [4.69, 9.17) is 0 Å². The number of hydrogen-bond acceptors (Lipinski definition) is 4. The third-order valence-corrected chi connectivity index (χ3v) is 8.22. The average molecular weight is 528 g/mol. The topological polar surface area (TPSA) is 98.7 Å². The fraction of sp³-hybridized carbons (Fsp3) is 0.710. The summed E-state index contributed by atoms with van der Waals surface area (Å²) in [5.41, 5.74) is 1.73. The van der Waals surface area contributed by atoms with Crippen molar-refractivity contribution in [2.24, 2.45) is 5.41 Å². The van der Waals surface area contributed by atoms with Crippen molar-refractivity contribution in [2.45, 2.75) is 129 Å². The van der Waals surface area contributed by atoms with E-state index in [1.54, 1.807) is 11.8 Å². The van der Waals surface area contributed by atoms with Crippen LogP contribution in [0.1, 0.15) is 115 Å². The second kappa shape index (κ2) is 11.4. The second-order valence-corrected chi connectivity index (χ2v) is 13.7. The molecule has 2 amide bonds. The fourth-order valence-electron chi connectivity index (χ4n) is 6.28. The first kappa shape index (κ1) is 30.1. The van der Waals surface area contributed by atoms with Gasteiger partial charge in [0.1, 0.15) is 6.04 Å². The van der Waals surface area contributed by atoms with E-state index in [0.29, 0.717) is 31.4 Å². The highest BCUT2D eigenvalue weighted by molar-refractivity contribution is 5.98. The molecule has 0 spiro atoms. The van der Waals surface area contributed by atoms with Crippen molar-refractivity contribution in [3.8, 4) is 0 Å². The minimum absolute atomic E-state index is 0.0814. The predicted molar refractivity (Wildman–Crippen MR) is 151 cm³/mol. The number of aryl methyl sites for hydroxylation is 1. The maximum Gasteiger partial charge on any atom is 0.311 e. The molecule has 3 rings (SSSR count). The number of carboxylic acids is 1. The van der Waals surface area contributed by atoms with Crippen LogP contribution in [-0.2, 0) is 21.4 Å². The summed E-state index contributed by atoms with van der Waals surface area (Å²) in [7, 11) is 0. The Bertz CT molecular complexity index is 1040. The number of hydrogen-bond donors (Lipinski definition) is 3. The molecule has 2 fully saturated rings. The zero-order valence-electron chi connectivity index (χ0n) is 24.7. The van der Waals surface area contributed by atoms with Gasteiger partial charge in [-0.15, -0.1) is 0 Å². The summed E-state index contributed by atoms with van der Waals surface area (Å²) >= 11 is 0. The summed E-state index contributed by atoms with van der Waals surface area (Å²) in [5.74, 6) is -1.30. The quantitative estimate of drug-likeness (QED) is 0.439. The van der Waals surface area contributed by atoms with Crippen LogP contribution in [0.4, 0.5) is 0 Å². The van der Waals surface area contributed by atoms with Crippen LogP contribution in [0.3, 0.4) is 0 Å². The van der Waals surface area contributed by atoms with Crippen molar-refractivity contribution in [3.05, 3.63) is 34.9 Å². The molecule has 7 nitrogen and oxygen atoms in total. The Balaban J connectivity index is 1.74. The summed E-state index contributed by atoms with van der Waals surface area (Å²) in [6.45, 7) is 17.1. The van der Waals surface area contributed by atoms with Gasteiger partial charge < -0.3 is 20.6 Å². The van der Waals surface area contributed by atoms with Gasteiger partial charge in [0, 0.05) is 29.7 Å². The molecular formula is C31H49N3O4. The predicted octanol–water partition coefficient (Wildman–Crippen LogP) is 5.06. The van der Waals surface area contributed by atoms with Crippen molar-refractivity contribution in [1.29, 1.82) is 0 Å². The number of carboxylic acid groups (broad SMARTS) is 1. The van der Waals surface area contributed by atoms with Crippen molar-refractivity contribution in [1.82, 2.24) is 15.5 Å². The standard InChI is InChI=1S/C31H49N3O4/c1-9-10-11-20-12-13-21(18-23(20)29(2,3)4)26(35)32-24-16-17-34(27(24)36)25-15-14-22(33-30(5,6)7)19-31(25,8)28(37)38/h12-13,18,22,24-25,33H,9-11,14-17,19H2,1-8H3,(H,32,35)(H,37,38)/t22?,24-,25?,31?/m0/s1. The first-order valence-corrected chi connectivity index (χ1v) is 14.3.